The molecule has 0 radical (unpaired) electrons. The van der Waals surface area contributed by atoms with Crippen LogP contribution in [0.1, 0.15) is 85.5 Å². The van der Waals surface area contributed by atoms with E-state index in [0.717, 1.165) is 6.42 Å². The van der Waals surface area contributed by atoms with Gasteiger partial charge in [0.05, 0.1) is 0 Å². The van der Waals surface area contributed by atoms with Gasteiger partial charge in [0.2, 0.25) is 0 Å². The van der Waals surface area contributed by atoms with Crippen LogP contribution in [0.15, 0.2) is 0 Å². The number of esters is 1. The Labute approximate surface area is 119 Å². The topological polar surface area (TPSA) is 26.3 Å². The number of unbranched alkanes of at least 4 members (excludes halogenated alkanes) is 3. The summed E-state index contributed by atoms with van der Waals surface area (Å²) < 4.78 is 5.65. The molecule has 0 spiro atoms. The smallest absolute Gasteiger partial charge is 0.302 e. The molecule has 0 N–H and O–H groups in total. The van der Waals surface area contributed by atoms with E-state index >= 15 is 0 Å². The zero-order chi connectivity index (χ0) is 14.3. The van der Waals surface area contributed by atoms with Crippen molar-refractivity contribution in [3.05, 3.63) is 0 Å². The fourth-order valence-corrected chi connectivity index (χ4v) is 3.83. The van der Waals surface area contributed by atoms with Gasteiger partial charge in [-0.2, -0.15) is 0 Å². The third-order valence-electron chi connectivity index (χ3n) is 4.48. The van der Waals surface area contributed by atoms with E-state index < -0.39 is 0 Å². The first-order valence-electron chi connectivity index (χ1n) is 8.17. The summed E-state index contributed by atoms with van der Waals surface area (Å²) in [6, 6.07) is 0. The normalized spacial score (nSPS) is 26.9. The van der Waals surface area contributed by atoms with Crippen LogP contribution >= 0.6 is 0 Å². The van der Waals surface area contributed by atoms with Gasteiger partial charge in [0.1, 0.15) is 6.10 Å². The summed E-state index contributed by atoms with van der Waals surface area (Å²) in [6.45, 7) is 8.38. The Kier molecular flexibility index (Phi) is 6.88. The molecule has 2 heteroatoms. The van der Waals surface area contributed by atoms with Gasteiger partial charge < -0.3 is 4.74 Å². The van der Waals surface area contributed by atoms with Gasteiger partial charge in [-0.05, 0) is 38.0 Å². The summed E-state index contributed by atoms with van der Waals surface area (Å²) in [4.78, 5) is 11.3. The van der Waals surface area contributed by atoms with E-state index in [1.165, 1.54) is 51.4 Å². The van der Waals surface area contributed by atoms with Gasteiger partial charge in [-0.25, -0.2) is 0 Å². The lowest BCUT2D eigenvalue weighted by Crippen LogP contribution is -2.35. The van der Waals surface area contributed by atoms with Gasteiger partial charge in [0.15, 0.2) is 0 Å². The molecule has 1 aliphatic carbocycles. The van der Waals surface area contributed by atoms with Gasteiger partial charge in [0.25, 0.3) is 0 Å². The maximum Gasteiger partial charge on any atom is 0.302 e. The molecular weight excluding hydrogens is 236 g/mol. The molecule has 0 aromatic carbocycles. The molecule has 1 fully saturated rings. The van der Waals surface area contributed by atoms with Crippen molar-refractivity contribution in [2.45, 2.75) is 91.6 Å². The van der Waals surface area contributed by atoms with E-state index in [-0.39, 0.29) is 17.5 Å². The van der Waals surface area contributed by atoms with Crippen LogP contribution in [0.4, 0.5) is 0 Å². The van der Waals surface area contributed by atoms with Crippen molar-refractivity contribution in [1.29, 1.82) is 0 Å². The van der Waals surface area contributed by atoms with Gasteiger partial charge in [-0.3, -0.25) is 4.79 Å². The minimum Gasteiger partial charge on any atom is -0.462 e. The highest BCUT2D eigenvalue weighted by atomic mass is 16.5. The highest BCUT2D eigenvalue weighted by molar-refractivity contribution is 5.66. The van der Waals surface area contributed by atoms with Crippen molar-refractivity contribution in [3.63, 3.8) is 0 Å². The predicted octanol–water partition coefficient (Wildman–Crippen LogP) is 5.10. The lowest BCUT2D eigenvalue weighted by molar-refractivity contribution is -0.153. The Morgan fingerprint density at radius 3 is 2.63 bits per heavy atom. The standard InChI is InChI=1S/C17H32O2/c1-5-6-7-8-11-17(13-14(2)3)12-9-10-16(17)19-15(4)18/h14,16H,5-13H2,1-4H3. The molecule has 2 unspecified atom stereocenters. The zero-order valence-electron chi connectivity index (χ0n) is 13.3. The summed E-state index contributed by atoms with van der Waals surface area (Å²) in [5, 5.41) is 0. The highest BCUT2D eigenvalue weighted by Crippen LogP contribution is 2.48. The molecule has 1 rings (SSSR count). The van der Waals surface area contributed by atoms with Crippen LogP contribution in [0.3, 0.4) is 0 Å². The number of rotatable bonds is 8. The summed E-state index contributed by atoms with van der Waals surface area (Å²) in [7, 11) is 0. The summed E-state index contributed by atoms with van der Waals surface area (Å²) in [6.07, 6.45) is 11.4. The number of carbonyl (C=O) groups excluding carboxylic acids is 1. The van der Waals surface area contributed by atoms with Gasteiger partial charge in [-0.15, -0.1) is 0 Å². The van der Waals surface area contributed by atoms with E-state index in [9.17, 15) is 4.79 Å². The monoisotopic (exact) mass is 268 g/mol. The van der Waals surface area contributed by atoms with Crippen LogP contribution < -0.4 is 0 Å². The fourth-order valence-electron chi connectivity index (χ4n) is 3.83. The zero-order valence-corrected chi connectivity index (χ0v) is 13.3. The number of ether oxygens (including phenoxy) is 1. The van der Waals surface area contributed by atoms with Gasteiger partial charge in [0, 0.05) is 12.3 Å². The minimum atomic E-state index is -0.103. The van der Waals surface area contributed by atoms with E-state index in [0.29, 0.717) is 5.92 Å². The summed E-state index contributed by atoms with van der Waals surface area (Å²) in [5.41, 5.74) is 0.271. The highest BCUT2D eigenvalue weighted by Gasteiger charge is 2.44. The van der Waals surface area contributed by atoms with Crippen LogP contribution in [0.25, 0.3) is 0 Å². The van der Waals surface area contributed by atoms with Crippen LogP contribution in [-0.2, 0) is 9.53 Å². The average Bonchev–Trinajstić information content (AvgIpc) is 2.66. The van der Waals surface area contributed by atoms with Crippen LogP contribution in [-0.4, -0.2) is 12.1 Å². The van der Waals surface area contributed by atoms with E-state index in [2.05, 4.69) is 20.8 Å². The Balaban J connectivity index is 2.64. The largest absolute Gasteiger partial charge is 0.462 e. The first-order chi connectivity index (χ1) is 9.00. The van der Waals surface area contributed by atoms with Crippen LogP contribution in [0.2, 0.25) is 0 Å². The van der Waals surface area contributed by atoms with E-state index in [4.69, 9.17) is 4.74 Å². The molecule has 0 bridgehead atoms. The quantitative estimate of drug-likeness (QED) is 0.452. The molecule has 0 heterocycles. The molecule has 0 saturated heterocycles. The van der Waals surface area contributed by atoms with Crippen molar-refractivity contribution in [2.75, 3.05) is 0 Å². The Bertz CT molecular complexity index is 272. The van der Waals surface area contributed by atoms with Crippen LogP contribution in [0, 0.1) is 11.3 Å². The lowest BCUT2D eigenvalue weighted by atomic mass is 9.73. The molecule has 0 amide bonds. The molecule has 2 atom stereocenters. The average molecular weight is 268 g/mol. The number of hydrogen-bond donors (Lipinski definition) is 0. The maximum atomic E-state index is 11.3. The van der Waals surface area contributed by atoms with Crippen molar-refractivity contribution in [3.8, 4) is 0 Å². The lowest BCUT2D eigenvalue weighted by Gasteiger charge is -2.36. The molecule has 0 aromatic heterocycles. The molecule has 2 nitrogen and oxygen atoms in total. The second-order valence-electron chi connectivity index (χ2n) is 6.76. The molecule has 1 saturated carbocycles. The predicted molar refractivity (Wildman–Crippen MR) is 80.1 cm³/mol. The van der Waals surface area contributed by atoms with Crippen molar-refractivity contribution in [2.24, 2.45) is 11.3 Å². The molecule has 19 heavy (non-hydrogen) atoms. The Morgan fingerprint density at radius 1 is 1.32 bits per heavy atom. The Morgan fingerprint density at radius 2 is 2.05 bits per heavy atom. The van der Waals surface area contributed by atoms with Crippen molar-refractivity contribution < 1.29 is 9.53 Å². The Hall–Kier alpha value is -0.530. The van der Waals surface area contributed by atoms with E-state index in [1.54, 1.807) is 6.92 Å². The molecule has 0 aliphatic heterocycles. The molecule has 112 valence electrons. The minimum absolute atomic E-state index is 0.103. The number of hydrogen-bond acceptors (Lipinski definition) is 2. The fraction of sp³-hybridized carbons (Fsp3) is 0.941. The molecular formula is C17H32O2. The summed E-state index contributed by atoms with van der Waals surface area (Å²) in [5.74, 6) is 0.580. The van der Waals surface area contributed by atoms with E-state index in [1.807, 2.05) is 0 Å². The molecule has 1 aliphatic rings. The summed E-state index contributed by atoms with van der Waals surface area (Å²) >= 11 is 0. The van der Waals surface area contributed by atoms with Crippen molar-refractivity contribution >= 4 is 5.97 Å². The van der Waals surface area contributed by atoms with Crippen LogP contribution in [0.5, 0.6) is 0 Å². The maximum absolute atomic E-state index is 11.3. The second kappa shape index (κ2) is 7.91. The van der Waals surface area contributed by atoms with Gasteiger partial charge in [-0.1, -0.05) is 46.5 Å². The first-order valence-corrected chi connectivity index (χ1v) is 8.17. The number of carbonyl (C=O) groups is 1. The third-order valence-corrected chi connectivity index (χ3v) is 4.48. The third kappa shape index (κ3) is 5.16. The van der Waals surface area contributed by atoms with Crippen molar-refractivity contribution in [1.82, 2.24) is 0 Å². The second-order valence-corrected chi connectivity index (χ2v) is 6.76. The first kappa shape index (κ1) is 16.5. The van der Waals surface area contributed by atoms with Gasteiger partial charge >= 0.3 is 5.97 Å². The SMILES string of the molecule is CCCCCCC1(CC(C)C)CCCC1OC(C)=O. The molecule has 0 aromatic rings.